The van der Waals surface area contributed by atoms with Crippen molar-refractivity contribution in [3.05, 3.63) is 89.5 Å². The van der Waals surface area contributed by atoms with E-state index in [1.807, 2.05) is 42.5 Å². The Kier molecular flexibility index (Phi) is 7.11. The number of benzene rings is 3. The highest BCUT2D eigenvalue weighted by atomic mass is 16.5. The smallest absolute Gasteiger partial charge is 0.252 e. The molecule has 1 atom stereocenters. The summed E-state index contributed by atoms with van der Waals surface area (Å²) < 4.78 is 10.3. The Morgan fingerprint density at radius 2 is 1.65 bits per heavy atom. The van der Waals surface area contributed by atoms with E-state index in [1.165, 1.54) is 7.11 Å². The van der Waals surface area contributed by atoms with E-state index in [4.69, 9.17) is 15.2 Å². The van der Waals surface area contributed by atoms with Gasteiger partial charge in [0.25, 0.3) is 5.91 Å². The number of amides is 2. The number of nitrogen functional groups attached to an aromatic ring is 1. The molecule has 0 heterocycles. The maximum absolute atomic E-state index is 13.0. The lowest BCUT2D eigenvalue weighted by Crippen LogP contribution is -2.40. The first-order valence-electron chi connectivity index (χ1n) is 9.71. The van der Waals surface area contributed by atoms with Gasteiger partial charge in [0, 0.05) is 12.1 Å². The van der Waals surface area contributed by atoms with E-state index in [1.54, 1.807) is 37.4 Å². The van der Waals surface area contributed by atoms with Gasteiger partial charge in [0.15, 0.2) is 0 Å². The summed E-state index contributed by atoms with van der Waals surface area (Å²) in [5, 5.41) is 5.69. The second kappa shape index (κ2) is 10.2. The van der Waals surface area contributed by atoms with Crippen molar-refractivity contribution in [3.63, 3.8) is 0 Å². The molecule has 160 valence electrons. The standard InChI is InChI=1S/C24H25N3O4/c1-30-19-11-8-16(9-12-19)15-26-24(29)22(17-6-4-3-5-7-17)27-23(28)18-10-13-20(25)21(14-18)31-2/h3-14,22H,15,25H2,1-2H3,(H,26,29)(H,27,28). The normalized spacial score (nSPS) is 11.3. The van der Waals surface area contributed by atoms with E-state index < -0.39 is 11.9 Å². The minimum absolute atomic E-state index is 0.317. The lowest BCUT2D eigenvalue weighted by Gasteiger charge is -2.19. The van der Waals surface area contributed by atoms with E-state index in [0.29, 0.717) is 29.1 Å². The molecule has 4 N–H and O–H groups in total. The largest absolute Gasteiger partial charge is 0.497 e. The van der Waals surface area contributed by atoms with Crippen LogP contribution in [0.1, 0.15) is 27.5 Å². The summed E-state index contributed by atoms with van der Waals surface area (Å²) in [5.74, 6) is 0.404. The molecule has 7 nitrogen and oxygen atoms in total. The van der Waals surface area contributed by atoms with Crippen molar-refractivity contribution in [2.75, 3.05) is 20.0 Å². The summed E-state index contributed by atoms with van der Waals surface area (Å²) in [4.78, 5) is 25.8. The molecule has 0 radical (unpaired) electrons. The first kappa shape index (κ1) is 21.7. The lowest BCUT2D eigenvalue weighted by molar-refractivity contribution is -0.123. The number of anilines is 1. The Balaban J connectivity index is 1.76. The van der Waals surface area contributed by atoms with Gasteiger partial charge in [-0.3, -0.25) is 9.59 Å². The zero-order chi connectivity index (χ0) is 22.2. The molecular weight excluding hydrogens is 394 g/mol. The van der Waals surface area contributed by atoms with Gasteiger partial charge in [-0.15, -0.1) is 0 Å². The zero-order valence-corrected chi connectivity index (χ0v) is 17.4. The number of rotatable bonds is 8. The predicted molar refractivity (Wildman–Crippen MR) is 119 cm³/mol. The van der Waals surface area contributed by atoms with Gasteiger partial charge in [-0.25, -0.2) is 0 Å². The van der Waals surface area contributed by atoms with Gasteiger partial charge in [0.1, 0.15) is 17.5 Å². The summed E-state index contributed by atoms with van der Waals surface area (Å²) in [5.41, 5.74) is 8.18. The molecule has 3 aromatic carbocycles. The molecule has 0 aliphatic heterocycles. The molecule has 0 fully saturated rings. The highest BCUT2D eigenvalue weighted by Gasteiger charge is 2.23. The highest BCUT2D eigenvalue weighted by molar-refractivity contribution is 5.98. The number of hydrogen-bond acceptors (Lipinski definition) is 5. The third kappa shape index (κ3) is 5.54. The Morgan fingerprint density at radius 1 is 0.935 bits per heavy atom. The van der Waals surface area contributed by atoms with Gasteiger partial charge in [-0.2, -0.15) is 0 Å². The minimum atomic E-state index is -0.865. The maximum Gasteiger partial charge on any atom is 0.252 e. The lowest BCUT2D eigenvalue weighted by atomic mass is 10.0. The molecular formula is C24H25N3O4. The van der Waals surface area contributed by atoms with Crippen LogP contribution < -0.4 is 25.8 Å². The molecule has 0 saturated heterocycles. The second-order valence-electron chi connectivity index (χ2n) is 6.84. The van der Waals surface area contributed by atoms with Crippen molar-refractivity contribution in [2.45, 2.75) is 12.6 Å². The third-order valence-electron chi connectivity index (χ3n) is 4.79. The van der Waals surface area contributed by atoms with Crippen LogP contribution in [0.25, 0.3) is 0 Å². The van der Waals surface area contributed by atoms with Crippen LogP contribution in [-0.2, 0) is 11.3 Å². The summed E-state index contributed by atoms with van der Waals surface area (Å²) in [6, 6.07) is 20.3. The molecule has 0 saturated carbocycles. The Bertz CT molecular complexity index is 1040. The molecule has 2 amide bonds. The van der Waals surface area contributed by atoms with Crippen LogP contribution in [0.5, 0.6) is 11.5 Å². The maximum atomic E-state index is 13.0. The van der Waals surface area contributed by atoms with Crippen molar-refractivity contribution in [3.8, 4) is 11.5 Å². The van der Waals surface area contributed by atoms with Gasteiger partial charge in [0.2, 0.25) is 5.91 Å². The Hall–Kier alpha value is -4.00. The van der Waals surface area contributed by atoms with E-state index in [2.05, 4.69) is 10.6 Å². The molecule has 1 unspecified atom stereocenters. The predicted octanol–water partition coefficient (Wildman–Crippen LogP) is 3.07. The average molecular weight is 419 g/mol. The number of nitrogens with two attached hydrogens (primary N) is 1. The van der Waals surface area contributed by atoms with Crippen LogP contribution >= 0.6 is 0 Å². The Morgan fingerprint density at radius 3 is 2.29 bits per heavy atom. The van der Waals surface area contributed by atoms with Crippen molar-refractivity contribution >= 4 is 17.5 Å². The van der Waals surface area contributed by atoms with E-state index in [0.717, 1.165) is 11.3 Å². The highest BCUT2D eigenvalue weighted by Crippen LogP contribution is 2.23. The fraction of sp³-hybridized carbons (Fsp3) is 0.167. The molecule has 3 aromatic rings. The summed E-state index contributed by atoms with van der Waals surface area (Å²) in [7, 11) is 3.08. The molecule has 0 bridgehead atoms. The van der Waals surface area contributed by atoms with Gasteiger partial charge < -0.3 is 25.8 Å². The topological polar surface area (TPSA) is 103 Å². The summed E-state index contributed by atoms with van der Waals surface area (Å²) in [6.45, 7) is 0.317. The van der Waals surface area contributed by atoms with Crippen molar-refractivity contribution < 1.29 is 19.1 Å². The van der Waals surface area contributed by atoms with E-state index >= 15 is 0 Å². The van der Waals surface area contributed by atoms with Gasteiger partial charge in [-0.05, 0) is 41.5 Å². The van der Waals surface area contributed by atoms with Gasteiger partial charge in [0.05, 0.1) is 19.9 Å². The molecule has 7 heteroatoms. The molecule has 0 aliphatic rings. The summed E-state index contributed by atoms with van der Waals surface area (Å²) in [6.07, 6.45) is 0. The molecule has 3 rings (SSSR count). The Labute approximate surface area is 181 Å². The van der Waals surface area contributed by atoms with E-state index in [9.17, 15) is 9.59 Å². The van der Waals surface area contributed by atoms with Crippen LogP contribution in [0.2, 0.25) is 0 Å². The van der Waals surface area contributed by atoms with Crippen LogP contribution in [0.4, 0.5) is 5.69 Å². The quantitative estimate of drug-likeness (QED) is 0.487. The van der Waals surface area contributed by atoms with Crippen LogP contribution in [0.15, 0.2) is 72.8 Å². The molecule has 31 heavy (non-hydrogen) atoms. The molecule has 0 aliphatic carbocycles. The van der Waals surface area contributed by atoms with Crippen LogP contribution in [0.3, 0.4) is 0 Å². The fourth-order valence-electron chi connectivity index (χ4n) is 3.05. The summed E-state index contributed by atoms with van der Waals surface area (Å²) >= 11 is 0. The van der Waals surface area contributed by atoms with Gasteiger partial charge >= 0.3 is 0 Å². The number of ether oxygens (including phenoxy) is 2. The molecule has 0 aromatic heterocycles. The first-order chi connectivity index (χ1) is 15.0. The van der Waals surface area contributed by atoms with Crippen molar-refractivity contribution in [1.82, 2.24) is 10.6 Å². The van der Waals surface area contributed by atoms with Crippen molar-refractivity contribution in [1.29, 1.82) is 0 Å². The second-order valence-corrected chi connectivity index (χ2v) is 6.84. The number of nitrogens with one attached hydrogen (secondary N) is 2. The minimum Gasteiger partial charge on any atom is -0.497 e. The van der Waals surface area contributed by atoms with Crippen LogP contribution in [0, 0.1) is 0 Å². The molecule has 0 spiro atoms. The van der Waals surface area contributed by atoms with Crippen LogP contribution in [-0.4, -0.2) is 26.0 Å². The van der Waals surface area contributed by atoms with E-state index in [-0.39, 0.29) is 5.91 Å². The number of methoxy groups -OCH3 is 2. The first-order valence-corrected chi connectivity index (χ1v) is 9.71. The number of carbonyl (C=O) groups excluding carboxylic acids is 2. The SMILES string of the molecule is COc1ccc(CNC(=O)C(NC(=O)c2ccc(N)c(OC)c2)c2ccccc2)cc1. The average Bonchev–Trinajstić information content (AvgIpc) is 2.82. The third-order valence-corrected chi connectivity index (χ3v) is 4.79. The zero-order valence-electron chi connectivity index (χ0n) is 17.4. The van der Waals surface area contributed by atoms with Crippen molar-refractivity contribution in [2.24, 2.45) is 0 Å². The number of carbonyl (C=O) groups is 2. The fourth-order valence-corrected chi connectivity index (χ4v) is 3.05. The van der Waals surface area contributed by atoms with Gasteiger partial charge in [-0.1, -0.05) is 42.5 Å². The number of hydrogen-bond donors (Lipinski definition) is 3. The monoisotopic (exact) mass is 419 g/mol.